The molecule has 0 aliphatic carbocycles. The van der Waals surface area contributed by atoms with Crippen LogP contribution >= 0.6 is 0 Å². The number of para-hydroxylation sites is 1. The summed E-state index contributed by atoms with van der Waals surface area (Å²) in [4.78, 5) is 35.7. The molecule has 0 bridgehead atoms. The minimum absolute atomic E-state index is 0.130. The van der Waals surface area contributed by atoms with E-state index in [4.69, 9.17) is 4.74 Å². The highest BCUT2D eigenvalue weighted by Crippen LogP contribution is 2.19. The first-order chi connectivity index (χ1) is 9.45. The van der Waals surface area contributed by atoms with Crippen molar-refractivity contribution in [1.82, 2.24) is 4.90 Å². The van der Waals surface area contributed by atoms with Crippen LogP contribution in [0.3, 0.4) is 0 Å². The van der Waals surface area contributed by atoms with Gasteiger partial charge in [0.15, 0.2) is 0 Å². The van der Waals surface area contributed by atoms with Crippen LogP contribution in [-0.4, -0.2) is 44.0 Å². The molecule has 0 atom stereocenters. The maximum Gasteiger partial charge on any atom is 0.336 e. The summed E-state index contributed by atoms with van der Waals surface area (Å²) >= 11 is 0. The first kappa shape index (κ1) is 15.4. The van der Waals surface area contributed by atoms with Crippen LogP contribution in [0.5, 0.6) is 5.75 Å². The van der Waals surface area contributed by atoms with Crippen molar-refractivity contribution < 1.29 is 23.9 Å². The van der Waals surface area contributed by atoms with Gasteiger partial charge >= 0.3 is 11.9 Å². The summed E-state index contributed by atoms with van der Waals surface area (Å²) in [5, 5.41) is 0. The predicted molar refractivity (Wildman–Crippen MR) is 71.3 cm³/mol. The molecule has 1 aromatic rings. The second kappa shape index (κ2) is 7.08. The third-order valence-electron chi connectivity index (χ3n) is 2.29. The Labute approximate surface area is 116 Å². The number of amides is 1. The summed E-state index contributed by atoms with van der Waals surface area (Å²) in [5.41, 5.74) is 0.261. The van der Waals surface area contributed by atoms with Gasteiger partial charge in [-0.1, -0.05) is 12.1 Å². The van der Waals surface area contributed by atoms with Crippen LogP contribution in [0, 0.1) is 0 Å². The fourth-order valence-corrected chi connectivity index (χ4v) is 1.32. The Balaban J connectivity index is 2.88. The number of ether oxygens (including phenoxy) is 2. The van der Waals surface area contributed by atoms with E-state index >= 15 is 0 Å². The third kappa shape index (κ3) is 4.24. The van der Waals surface area contributed by atoms with Gasteiger partial charge in [-0.15, -0.1) is 0 Å². The maximum absolute atomic E-state index is 11.9. The lowest BCUT2D eigenvalue weighted by molar-refractivity contribution is -0.135. The molecule has 1 rings (SSSR count). The van der Waals surface area contributed by atoms with Crippen molar-refractivity contribution in [3.05, 3.63) is 42.0 Å². The fourth-order valence-electron chi connectivity index (χ4n) is 1.32. The first-order valence-electron chi connectivity index (χ1n) is 5.74. The van der Waals surface area contributed by atoms with E-state index in [-0.39, 0.29) is 17.2 Å². The van der Waals surface area contributed by atoms with E-state index in [1.807, 2.05) is 0 Å². The summed E-state index contributed by atoms with van der Waals surface area (Å²) < 4.78 is 9.38. The van der Waals surface area contributed by atoms with Gasteiger partial charge in [0.05, 0.1) is 12.7 Å². The van der Waals surface area contributed by atoms with E-state index < -0.39 is 11.9 Å². The maximum atomic E-state index is 11.9. The monoisotopic (exact) mass is 277 g/mol. The quantitative estimate of drug-likeness (QED) is 0.467. The number of esters is 2. The van der Waals surface area contributed by atoms with Gasteiger partial charge in [0.1, 0.15) is 5.75 Å². The highest BCUT2D eigenvalue weighted by Gasteiger charge is 2.15. The second-order valence-electron chi connectivity index (χ2n) is 3.97. The average Bonchev–Trinajstić information content (AvgIpc) is 2.44. The van der Waals surface area contributed by atoms with Crippen molar-refractivity contribution >= 4 is 17.8 Å². The van der Waals surface area contributed by atoms with Crippen LogP contribution in [0.2, 0.25) is 0 Å². The Kier molecular flexibility index (Phi) is 5.46. The van der Waals surface area contributed by atoms with Crippen molar-refractivity contribution in [3.8, 4) is 5.75 Å². The van der Waals surface area contributed by atoms with Crippen LogP contribution in [0.4, 0.5) is 0 Å². The van der Waals surface area contributed by atoms with Crippen LogP contribution in [0.25, 0.3) is 0 Å². The highest BCUT2D eigenvalue weighted by atomic mass is 16.5. The zero-order valence-corrected chi connectivity index (χ0v) is 11.5. The lowest BCUT2D eigenvalue weighted by Gasteiger charge is -2.13. The van der Waals surface area contributed by atoms with E-state index in [0.29, 0.717) is 0 Å². The molecule has 0 fully saturated rings. The third-order valence-corrected chi connectivity index (χ3v) is 2.29. The van der Waals surface area contributed by atoms with Gasteiger partial charge in [-0.3, -0.25) is 4.79 Å². The molecule has 0 saturated carbocycles. The summed E-state index contributed by atoms with van der Waals surface area (Å²) in [7, 11) is 4.39. The topological polar surface area (TPSA) is 72.9 Å². The van der Waals surface area contributed by atoms with Crippen molar-refractivity contribution in [2.24, 2.45) is 0 Å². The summed E-state index contributed by atoms with van der Waals surface area (Å²) in [6.07, 6.45) is 1.88. The average molecular weight is 277 g/mol. The lowest BCUT2D eigenvalue weighted by atomic mass is 10.2. The van der Waals surface area contributed by atoms with Gasteiger partial charge in [-0.2, -0.15) is 0 Å². The smallest absolute Gasteiger partial charge is 0.336 e. The van der Waals surface area contributed by atoms with Crippen molar-refractivity contribution in [2.75, 3.05) is 21.2 Å². The van der Waals surface area contributed by atoms with E-state index in [1.54, 1.807) is 32.3 Å². The van der Waals surface area contributed by atoms with Gasteiger partial charge in [-0.25, -0.2) is 9.59 Å². The van der Waals surface area contributed by atoms with E-state index in [9.17, 15) is 14.4 Å². The number of rotatable bonds is 4. The van der Waals surface area contributed by atoms with Crippen LogP contribution in [0.1, 0.15) is 10.4 Å². The SMILES string of the molecule is COC(=O)C=CC(=O)Oc1ccccc1C(=O)N(C)C. The Bertz CT molecular complexity index is 548. The van der Waals surface area contributed by atoms with Gasteiger partial charge in [0.2, 0.25) is 0 Å². The summed E-state index contributed by atoms with van der Waals surface area (Å²) in [6, 6.07) is 6.35. The van der Waals surface area contributed by atoms with Gasteiger partial charge in [-0.05, 0) is 12.1 Å². The van der Waals surface area contributed by atoms with E-state index in [0.717, 1.165) is 12.2 Å². The summed E-state index contributed by atoms with van der Waals surface area (Å²) in [6.45, 7) is 0. The van der Waals surface area contributed by atoms with Gasteiger partial charge in [0, 0.05) is 26.2 Å². The largest absolute Gasteiger partial charge is 0.466 e. The first-order valence-corrected chi connectivity index (χ1v) is 5.74. The second-order valence-corrected chi connectivity index (χ2v) is 3.97. The van der Waals surface area contributed by atoms with Gasteiger partial charge in [0.25, 0.3) is 5.91 Å². The molecule has 0 saturated heterocycles. The van der Waals surface area contributed by atoms with E-state index in [2.05, 4.69) is 4.74 Å². The standard InChI is InChI=1S/C14H15NO5/c1-15(2)14(18)10-6-4-5-7-11(10)20-13(17)9-8-12(16)19-3/h4-9H,1-3H3. The number of methoxy groups -OCH3 is 1. The summed E-state index contributed by atoms with van der Waals surface area (Å²) in [5.74, 6) is -1.59. The lowest BCUT2D eigenvalue weighted by Crippen LogP contribution is -2.22. The molecule has 6 heteroatoms. The Morgan fingerprint density at radius 2 is 1.65 bits per heavy atom. The van der Waals surface area contributed by atoms with Gasteiger partial charge < -0.3 is 14.4 Å². The molecule has 20 heavy (non-hydrogen) atoms. The molecule has 0 spiro atoms. The van der Waals surface area contributed by atoms with Crippen molar-refractivity contribution in [1.29, 1.82) is 0 Å². The normalized spacial score (nSPS) is 10.2. The molecule has 1 amide bonds. The molecule has 106 valence electrons. The Hall–Kier alpha value is -2.63. The number of hydrogen-bond donors (Lipinski definition) is 0. The number of carbonyl (C=O) groups excluding carboxylic acids is 3. The number of benzene rings is 1. The number of hydrogen-bond acceptors (Lipinski definition) is 5. The molecular formula is C14H15NO5. The molecule has 0 aromatic heterocycles. The minimum atomic E-state index is -0.769. The molecular weight excluding hydrogens is 262 g/mol. The Morgan fingerprint density at radius 3 is 2.25 bits per heavy atom. The van der Waals surface area contributed by atoms with Crippen LogP contribution in [-0.2, 0) is 14.3 Å². The Morgan fingerprint density at radius 1 is 1.05 bits per heavy atom. The van der Waals surface area contributed by atoms with Crippen molar-refractivity contribution in [2.45, 2.75) is 0 Å². The molecule has 1 aromatic carbocycles. The van der Waals surface area contributed by atoms with Crippen molar-refractivity contribution in [3.63, 3.8) is 0 Å². The zero-order valence-electron chi connectivity index (χ0n) is 11.5. The van der Waals surface area contributed by atoms with Crippen LogP contribution < -0.4 is 4.74 Å². The molecule has 0 radical (unpaired) electrons. The highest BCUT2D eigenvalue weighted by molar-refractivity contribution is 5.98. The van der Waals surface area contributed by atoms with E-state index in [1.165, 1.54) is 18.1 Å². The minimum Gasteiger partial charge on any atom is -0.466 e. The molecule has 0 aliphatic heterocycles. The molecule has 6 nitrogen and oxygen atoms in total. The van der Waals surface area contributed by atoms with Crippen LogP contribution in [0.15, 0.2) is 36.4 Å². The molecule has 0 N–H and O–H groups in total. The molecule has 0 aliphatic rings. The molecule has 0 heterocycles. The molecule has 0 unspecified atom stereocenters. The number of carbonyl (C=O) groups is 3. The fraction of sp³-hybridized carbons (Fsp3) is 0.214. The zero-order chi connectivity index (χ0) is 15.1. The predicted octanol–water partition coefficient (Wildman–Crippen LogP) is 1.02. The number of nitrogens with zero attached hydrogens (tertiary/aromatic N) is 1.